The van der Waals surface area contributed by atoms with Crippen LogP contribution in [0.1, 0.15) is 19.8 Å². The number of hydrogen-bond acceptors (Lipinski definition) is 4. The molecule has 1 N–H and O–H groups in total. The highest BCUT2D eigenvalue weighted by molar-refractivity contribution is 9.09. The second-order valence-corrected chi connectivity index (χ2v) is 5.64. The number of alkyl halides is 1. The van der Waals surface area contributed by atoms with Gasteiger partial charge in [0.1, 0.15) is 17.9 Å². The number of aldehydes is 1. The Kier molecular flexibility index (Phi) is 6.72. The molecular weight excluding hydrogens is 296 g/mol. The third-order valence-electron chi connectivity index (χ3n) is 2.36. The van der Waals surface area contributed by atoms with Gasteiger partial charge < -0.3 is 14.8 Å². The molecule has 4 nitrogen and oxygen atoms in total. The monoisotopic (exact) mass is 314 g/mol. The number of aromatic nitrogens is 1. The quantitative estimate of drug-likeness (QED) is 0.670. The number of rotatable bonds is 5. The molecule has 1 heterocycles. The van der Waals surface area contributed by atoms with Crippen LogP contribution in [0.15, 0.2) is 18.3 Å². The highest BCUT2D eigenvalue weighted by Gasteiger charge is 2.21. The summed E-state index contributed by atoms with van der Waals surface area (Å²) in [5, 5.41) is 2.96. The largest absolute Gasteiger partial charge is 0.492 e. The first kappa shape index (κ1) is 15.0. The van der Waals surface area contributed by atoms with Crippen LogP contribution in [0.5, 0.6) is 5.75 Å². The van der Waals surface area contributed by atoms with Gasteiger partial charge in [0.25, 0.3) is 0 Å². The maximum atomic E-state index is 9.46. The van der Waals surface area contributed by atoms with Crippen LogP contribution in [0, 0.1) is 5.92 Å². The van der Waals surface area contributed by atoms with Gasteiger partial charge in [-0.05, 0) is 37.8 Å². The molecule has 1 aliphatic carbocycles. The summed E-state index contributed by atoms with van der Waals surface area (Å²) in [6.07, 6.45) is 5.23. The van der Waals surface area contributed by atoms with Crippen molar-refractivity contribution >= 4 is 28.0 Å². The maximum absolute atomic E-state index is 9.46. The molecule has 1 aliphatic rings. The van der Waals surface area contributed by atoms with Crippen molar-refractivity contribution in [2.24, 2.45) is 5.92 Å². The Balaban J connectivity index is 0.000000280. The third-order valence-corrected chi connectivity index (χ3v) is 2.58. The molecule has 5 heteroatoms. The number of anilines is 1. The fourth-order valence-corrected chi connectivity index (χ4v) is 1.11. The molecule has 2 rings (SSSR count). The number of carbonyl (C=O) groups is 1. The van der Waals surface area contributed by atoms with E-state index in [4.69, 9.17) is 4.74 Å². The Bertz CT molecular complexity index is 351. The second kappa shape index (κ2) is 8.08. The van der Waals surface area contributed by atoms with Gasteiger partial charge in [-0.1, -0.05) is 15.9 Å². The summed E-state index contributed by atoms with van der Waals surface area (Å²) >= 11 is 3.01. The van der Waals surface area contributed by atoms with Crippen LogP contribution >= 0.6 is 15.9 Å². The van der Waals surface area contributed by atoms with Crippen molar-refractivity contribution in [1.29, 1.82) is 0 Å². The number of halogens is 1. The van der Waals surface area contributed by atoms with Crippen LogP contribution in [-0.4, -0.2) is 29.8 Å². The smallest absolute Gasteiger partial charge is 0.137 e. The van der Waals surface area contributed by atoms with E-state index in [2.05, 4.69) is 26.2 Å². The Morgan fingerprint density at radius 3 is 2.67 bits per heavy atom. The predicted octanol–water partition coefficient (Wildman–Crippen LogP) is 2.88. The molecule has 1 aromatic rings. The first-order valence-corrected chi connectivity index (χ1v) is 6.93. The van der Waals surface area contributed by atoms with E-state index in [1.54, 1.807) is 13.1 Å². The number of pyridine rings is 1. The summed E-state index contributed by atoms with van der Waals surface area (Å²) in [5.41, 5.74) is 0. The van der Waals surface area contributed by atoms with Gasteiger partial charge in [-0.25, -0.2) is 4.98 Å². The lowest BCUT2D eigenvalue weighted by Crippen LogP contribution is -1.99. The second-order valence-electron chi connectivity index (χ2n) is 4.20. The van der Waals surface area contributed by atoms with Crippen molar-refractivity contribution < 1.29 is 9.53 Å². The Morgan fingerprint density at radius 1 is 1.61 bits per heavy atom. The van der Waals surface area contributed by atoms with Gasteiger partial charge in [-0.2, -0.15) is 0 Å². The molecule has 1 fully saturated rings. The standard InChI is InChI=1S/C10H14N2O.C3H5BrO/c1-11-10-5-4-9(6-12-10)13-7-8-2-3-8;1-3(4)2-5/h4-6,8H,2-3,7H2,1H3,(H,11,12);2-3H,1H3. The van der Waals surface area contributed by atoms with Gasteiger partial charge >= 0.3 is 0 Å². The minimum absolute atomic E-state index is 0.0162. The van der Waals surface area contributed by atoms with Crippen molar-refractivity contribution in [2.45, 2.75) is 24.6 Å². The molecule has 0 amide bonds. The lowest BCUT2D eigenvalue weighted by Gasteiger charge is -2.04. The third kappa shape index (κ3) is 6.59. The van der Waals surface area contributed by atoms with Crippen LogP contribution < -0.4 is 10.1 Å². The topological polar surface area (TPSA) is 51.2 Å². The fourth-order valence-electron chi connectivity index (χ4n) is 1.11. The van der Waals surface area contributed by atoms with E-state index in [-0.39, 0.29) is 4.83 Å². The summed E-state index contributed by atoms with van der Waals surface area (Å²) < 4.78 is 5.54. The molecule has 1 saturated carbocycles. The molecule has 0 aromatic carbocycles. The molecule has 1 atom stereocenters. The van der Waals surface area contributed by atoms with Gasteiger partial charge in [-0.15, -0.1) is 0 Å². The van der Waals surface area contributed by atoms with Crippen LogP contribution in [0.4, 0.5) is 5.82 Å². The number of carbonyl (C=O) groups excluding carboxylic acids is 1. The van der Waals surface area contributed by atoms with Crippen LogP contribution in [-0.2, 0) is 4.79 Å². The summed E-state index contributed by atoms with van der Waals surface area (Å²) in [5.74, 6) is 2.54. The van der Waals surface area contributed by atoms with Crippen molar-refractivity contribution in [3.8, 4) is 5.75 Å². The van der Waals surface area contributed by atoms with E-state index in [0.717, 1.165) is 30.4 Å². The van der Waals surface area contributed by atoms with Crippen molar-refractivity contribution in [2.75, 3.05) is 19.0 Å². The summed E-state index contributed by atoms with van der Waals surface area (Å²) in [6.45, 7) is 2.62. The molecule has 0 spiro atoms. The van der Waals surface area contributed by atoms with E-state index in [1.807, 2.05) is 19.2 Å². The molecule has 100 valence electrons. The average Bonchev–Trinajstić information content (AvgIpc) is 3.21. The molecular formula is C13H19BrN2O2. The van der Waals surface area contributed by atoms with E-state index in [9.17, 15) is 4.79 Å². The number of nitrogens with one attached hydrogen (secondary N) is 1. The summed E-state index contributed by atoms with van der Waals surface area (Å²) in [6, 6.07) is 3.86. The van der Waals surface area contributed by atoms with E-state index < -0.39 is 0 Å². The average molecular weight is 315 g/mol. The van der Waals surface area contributed by atoms with Crippen LogP contribution in [0.25, 0.3) is 0 Å². The predicted molar refractivity (Wildman–Crippen MR) is 76.5 cm³/mol. The molecule has 1 unspecified atom stereocenters. The Hall–Kier alpha value is -1.10. The lowest BCUT2D eigenvalue weighted by atomic mass is 10.4. The zero-order valence-electron chi connectivity index (χ0n) is 10.7. The molecule has 1 aromatic heterocycles. The normalized spacial score (nSPS) is 15.1. The van der Waals surface area contributed by atoms with E-state index in [0.29, 0.717) is 0 Å². The maximum Gasteiger partial charge on any atom is 0.137 e. The summed E-state index contributed by atoms with van der Waals surface area (Å²) in [7, 11) is 1.85. The highest BCUT2D eigenvalue weighted by Crippen LogP contribution is 2.29. The zero-order chi connectivity index (χ0) is 13.4. The van der Waals surface area contributed by atoms with Gasteiger partial charge in [0.15, 0.2) is 0 Å². The minimum Gasteiger partial charge on any atom is -0.492 e. The minimum atomic E-state index is 0.0162. The first-order valence-electron chi connectivity index (χ1n) is 6.01. The number of hydrogen-bond donors (Lipinski definition) is 1. The SMILES string of the molecule is CC(Br)C=O.CNc1ccc(OCC2CC2)cn1. The highest BCUT2D eigenvalue weighted by atomic mass is 79.9. The number of ether oxygens (including phenoxy) is 1. The number of nitrogens with zero attached hydrogens (tertiary/aromatic N) is 1. The molecule has 0 radical (unpaired) electrons. The molecule has 0 aliphatic heterocycles. The molecule has 18 heavy (non-hydrogen) atoms. The summed E-state index contributed by atoms with van der Waals surface area (Å²) in [4.78, 5) is 13.6. The van der Waals surface area contributed by atoms with Crippen molar-refractivity contribution in [3.05, 3.63) is 18.3 Å². The Morgan fingerprint density at radius 2 is 2.28 bits per heavy atom. The van der Waals surface area contributed by atoms with Crippen molar-refractivity contribution in [3.63, 3.8) is 0 Å². The van der Waals surface area contributed by atoms with E-state index >= 15 is 0 Å². The first-order chi connectivity index (χ1) is 8.65. The van der Waals surface area contributed by atoms with Gasteiger partial charge in [-0.3, -0.25) is 0 Å². The zero-order valence-corrected chi connectivity index (χ0v) is 12.3. The van der Waals surface area contributed by atoms with Gasteiger partial charge in [0.05, 0.1) is 17.6 Å². The molecule has 0 bridgehead atoms. The van der Waals surface area contributed by atoms with Crippen LogP contribution in [0.3, 0.4) is 0 Å². The van der Waals surface area contributed by atoms with Gasteiger partial charge in [0.2, 0.25) is 0 Å². The Labute approximate surface area is 116 Å². The van der Waals surface area contributed by atoms with Gasteiger partial charge in [0, 0.05) is 7.05 Å². The molecule has 0 saturated heterocycles. The van der Waals surface area contributed by atoms with Crippen molar-refractivity contribution in [1.82, 2.24) is 4.98 Å². The fraction of sp³-hybridized carbons (Fsp3) is 0.538. The lowest BCUT2D eigenvalue weighted by molar-refractivity contribution is -0.107. The van der Waals surface area contributed by atoms with E-state index in [1.165, 1.54) is 12.8 Å². The van der Waals surface area contributed by atoms with Crippen LogP contribution in [0.2, 0.25) is 0 Å².